The van der Waals surface area contributed by atoms with Crippen molar-refractivity contribution in [2.24, 2.45) is 0 Å². The maximum atomic E-state index is 10.5. The van der Waals surface area contributed by atoms with E-state index in [1.54, 1.807) is 23.9 Å². The summed E-state index contributed by atoms with van der Waals surface area (Å²) in [5.41, 5.74) is 2.30. The molecule has 2 aromatic carbocycles. The highest BCUT2D eigenvalue weighted by Gasteiger charge is 2.01. The van der Waals surface area contributed by atoms with Crippen LogP contribution in [0.1, 0.15) is 11.1 Å². The van der Waals surface area contributed by atoms with Crippen LogP contribution in [0.3, 0.4) is 0 Å². The van der Waals surface area contributed by atoms with E-state index in [0.717, 1.165) is 5.56 Å². The Bertz CT molecular complexity index is 589. The molecule has 0 heterocycles. The molecule has 0 amide bonds. The summed E-state index contributed by atoms with van der Waals surface area (Å²) in [6.45, 7) is 2.06. The van der Waals surface area contributed by atoms with Gasteiger partial charge in [0.1, 0.15) is 0 Å². The minimum Gasteiger partial charge on any atom is -0.258 e. The van der Waals surface area contributed by atoms with E-state index in [2.05, 4.69) is 31.2 Å². The summed E-state index contributed by atoms with van der Waals surface area (Å²) in [4.78, 5) is 11.3. The van der Waals surface area contributed by atoms with Crippen LogP contribution in [0.2, 0.25) is 0 Å². The molecule has 0 fully saturated rings. The van der Waals surface area contributed by atoms with Gasteiger partial charge in [-0.2, -0.15) is 0 Å². The Balaban J connectivity index is 1.98. The first-order valence-electron chi connectivity index (χ1n) is 5.79. The molecule has 0 aliphatic rings. The highest BCUT2D eigenvalue weighted by atomic mass is 32.2. The Labute approximate surface area is 116 Å². The summed E-state index contributed by atoms with van der Waals surface area (Å²) in [6, 6.07) is 14.8. The van der Waals surface area contributed by atoms with Crippen molar-refractivity contribution in [3.63, 3.8) is 0 Å². The van der Waals surface area contributed by atoms with Gasteiger partial charge < -0.3 is 0 Å². The Kier molecular flexibility index (Phi) is 4.36. The molecule has 2 rings (SSSR count). The van der Waals surface area contributed by atoms with E-state index in [0.29, 0.717) is 0 Å². The molecule has 0 saturated heterocycles. The fourth-order valence-corrected chi connectivity index (χ4v) is 2.19. The first-order valence-corrected chi connectivity index (χ1v) is 6.67. The van der Waals surface area contributed by atoms with Gasteiger partial charge in [0.15, 0.2) is 0 Å². The van der Waals surface area contributed by atoms with E-state index in [1.165, 1.54) is 22.6 Å². The monoisotopic (exact) mass is 271 g/mol. The van der Waals surface area contributed by atoms with Crippen molar-refractivity contribution in [2.45, 2.75) is 11.8 Å². The van der Waals surface area contributed by atoms with Crippen molar-refractivity contribution < 1.29 is 4.92 Å². The molecule has 0 aliphatic heterocycles. The van der Waals surface area contributed by atoms with Gasteiger partial charge in [-0.3, -0.25) is 10.1 Å². The van der Waals surface area contributed by atoms with Gasteiger partial charge in [-0.05, 0) is 48.2 Å². The standard InChI is InChI=1S/C15H13NO2S/c1-12-2-8-15(9-3-12)19-11-10-13-4-6-14(7-5-13)16(17)18/h2-11H,1H3. The van der Waals surface area contributed by atoms with Crippen molar-refractivity contribution in [1.29, 1.82) is 0 Å². The first kappa shape index (κ1) is 13.4. The van der Waals surface area contributed by atoms with E-state index in [-0.39, 0.29) is 5.69 Å². The van der Waals surface area contributed by atoms with Gasteiger partial charge in [0.2, 0.25) is 0 Å². The fraction of sp³-hybridized carbons (Fsp3) is 0.0667. The van der Waals surface area contributed by atoms with E-state index >= 15 is 0 Å². The molecule has 3 nitrogen and oxygen atoms in total. The molecule has 0 bridgehead atoms. The number of hydrogen-bond donors (Lipinski definition) is 0. The second-order valence-corrected chi connectivity index (χ2v) is 5.06. The van der Waals surface area contributed by atoms with E-state index in [9.17, 15) is 10.1 Å². The molecule has 0 atom stereocenters. The molecule has 4 heteroatoms. The smallest absolute Gasteiger partial charge is 0.258 e. The second-order valence-electron chi connectivity index (χ2n) is 4.08. The molecular weight excluding hydrogens is 258 g/mol. The van der Waals surface area contributed by atoms with Crippen LogP contribution in [-0.2, 0) is 0 Å². The molecule has 0 radical (unpaired) electrons. The Morgan fingerprint density at radius 3 is 2.26 bits per heavy atom. The molecule has 19 heavy (non-hydrogen) atoms. The molecule has 2 aromatic rings. The molecule has 0 aliphatic carbocycles. The van der Waals surface area contributed by atoms with Crippen LogP contribution in [0, 0.1) is 17.0 Å². The number of aryl methyl sites for hydroxylation is 1. The minimum atomic E-state index is -0.394. The summed E-state index contributed by atoms with van der Waals surface area (Å²) in [6.07, 6.45) is 1.94. The lowest BCUT2D eigenvalue weighted by molar-refractivity contribution is -0.384. The summed E-state index contributed by atoms with van der Waals surface area (Å²) >= 11 is 1.62. The van der Waals surface area contributed by atoms with Gasteiger partial charge in [0, 0.05) is 17.0 Å². The van der Waals surface area contributed by atoms with Gasteiger partial charge in [0.25, 0.3) is 5.69 Å². The maximum absolute atomic E-state index is 10.5. The van der Waals surface area contributed by atoms with Crippen molar-refractivity contribution in [3.8, 4) is 0 Å². The zero-order valence-electron chi connectivity index (χ0n) is 10.4. The van der Waals surface area contributed by atoms with Crippen LogP contribution >= 0.6 is 11.8 Å². The quantitative estimate of drug-likeness (QED) is 0.461. The van der Waals surface area contributed by atoms with Crippen molar-refractivity contribution in [2.75, 3.05) is 0 Å². The van der Waals surface area contributed by atoms with Crippen LogP contribution in [0.15, 0.2) is 58.8 Å². The molecule has 0 unspecified atom stereocenters. The predicted octanol–water partition coefficient (Wildman–Crippen LogP) is 4.67. The van der Waals surface area contributed by atoms with Gasteiger partial charge in [-0.25, -0.2) is 0 Å². The third-order valence-corrected chi connectivity index (χ3v) is 3.41. The number of rotatable bonds is 4. The lowest BCUT2D eigenvalue weighted by Gasteiger charge is -1.97. The zero-order chi connectivity index (χ0) is 13.7. The van der Waals surface area contributed by atoms with E-state index in [4.69, 9.17) is 0 Å². The number of hydrogen-bond acceptors (Lipinski definition) is 3. The second kappa shape index (κ2) is 6.20. The zero-order valence-corrected chi connectivity index (χ0v) is 11.3. The maximum Gasteiger partial charge on any atom is 0.269 e. The Morgan fingerprint density at radius 2 is 1.68 bits per heavy atom. The predicted molar refractivity (Wildman–Crippen MR) is 79.2 cm³/mol. The number of nitro benzene ring substituents is 1. The highest BCUT2D eigenvalue weighted by molar-refractivity contribution is 8.02. The van der Waals surface area contributed by atoms with E-state index < -0.39 is 4.92 Å². The average Bonchev–Trinajstić information content (AvgIpc) is 2.41. The molecule has 0 aromatic heterocycles. The van der Waals surface area contributed by atoms with Gasteiger partial charge in [-0.15, -0.1) is 0 Å². The SMILES string of the molecule is Cc1ccc(SC=Cc2ccc([N+](=O)[O-])cc2)cc1. The number of non-ortho nitro benzene ring substituents is 1. The lowest BCUT2D eigenvalue weighted by Crippen LogP contribution is -1.86. The molecule has 96 valence electrons. The number of thioether (sulfide) groups is 1. The van der Waals surface area contributed by atoms with Crippen LogP contribution in [0.5, 0.6) is 0 Å². The van der Waals surface area contributed by atoms with Crippen LogP contribution in [0.25, 0.3) is 6.08 Å². The number of benzene rings is 2. The summed E-state index contributed by atoms with van der Waals surface area (Å²) in [7, 11) is 0. The van der Waals surface area contributed by atoms with Gasteiger partial charge in [-0.1, -0.05) is 29.5 Å². The van der Waals surface area contributed by atoms with Gasteiger partial charge >= 0.3 is 0 Å². The third-order valence-electron chi connectivity index (χ3n) is 2.59. The minimum absolute atomic E-state index is 0.114. The van der Waals surface area contributed by atoms with E-state index in [1.807, 2.05) is 11.5 Å². The van der Waals surface area contributed by atoms with Crippen LogP contribution in [0.4, 0.5) is 5.69 Å². The topological polar surface area (TPSA) is 43.1 Å². The summed E-state index contributed by atoms with van der Waals surface area (Å²) in [5, 5.41) is 12.5. The van der Waals surface area contributed by atoms with Crippen molar-refractivity contribution >= 4 is 23.5 Å². The molecule has 0 N–H and O–H groups in total. The highest BCUT2D eigenvalue weighted by Crippen LogP contribution is 2.21. The van der Waals surface area contributed by atoms with Crippen molar-refractivity contribution in [3.05, 3.63) is 75.2 Å². The first-order chi connectivity index (χ1) is 9.15. The molecule has 0 saturated carbocycles. The van der Waals surface area contributed by atoms with Crippen LogP contribution < -0.4 is 0 Å². The average molecular weight is 271 g/mol. The molecule has 0 spiro atoms. The van der Waals surface area contributed by atoms with Gasteiger partial charge in [0.05, 0.1) is 4.92 Å². The number of nitrogens with zero attached hydrogens (tertiary/aromatic N) is 1. The largest absolute Gasteiger partial charge is 0.269 e. The third kappa shape index (κ3) is 3.96. The fourth-order valence-electron chi connectivity index (χ4n) is 1.52. The Hall–Kier alpha value is -2.07. The summed E-state index contributed by atoms with van der Waals surface area (Å²) in [5.74, 6) is 0. The van der Waals surface area contributed by atoms with Crippen LogP contribution in [-0.4, -0.2) is 4.92 Å². The Morgan fingerprint density at radius 1 is 1.05 bits per heavy atom. The lowest BCUT2D eigenvalue weighted by atomic mass is 10.2. The number of nitro groups is 1. The molecular formula is C15H13NO2S. The summed E-state index contributed by atoms with van der Waals surface area (Å²) < 4.78 is 0. The van der Waals surface area contributed by atoms with Crippen molar-refractivity contribution in [1.82, 2.24) is 0 Å². The normalized spacial score (nSPS) is 10.8.